The molecule has 0 bridgehead atoms. The topological polar surface area (TPSA) is 88.1 Å². The van der Waals surface area contributed by atoms with Gasteiger partial charge >= 0.3 is 0 Å². The molecular formula is C18H11Cl2N7S. The van der Waals surface area contributed by atoms with Gasteiger partial charge < -0.3 is 0 Å². The Kier molecular flexibility index (Phi) is 4.96. The second-order valence-corrected chi connectivity index (χ2v) is 7.18. The first-order valence-corrected chi connectivity index (χ1v) is 9.24. The maximum Gasteiger partial charge on any atom is 0.186 e. The summed E-state index contributed by atoms with van der Waals surface area (Å²) in [7, 11) is 0. The number of tetrazole rings is 1. The molecule has 7 nitrogen and oxygen atoms in total. The standard InChI is InChI=1S/C18H11Cl2N7S/c19-13-5-14(20)7-15(6-13)27-18(28)16(9-22-27)17-23-24-25-26(17)10-12-3-1-11(8-21)2-4-12/h1-7,9,22H,10H2. The number of halogens is 2. The van der Waals surface area contributed by atoms with Crippen LogP contribution in [-0.4, -0.2) is 30.0 Å². The zero-order valence-corrected chi connectivity index (χ0v) is 16.5. The molecule has 0 saturated carbocycles. The predicted octanol–water partition coefficient (Wildman–Crippen LogP) is 4.42. The van der Waals surface area contributed by atoms with Crippen molar-refractivity contribution in [1.29, 1.82) is 5.26 Å². The third-order valence-corrected chi connectivity index (χ3v) is 4.90. The molecule has 2 aromatic heterocycles. The number of benzene rings is 2. The van der Waals surface area contributed by atoms with Gasteiger partial charge in [-0.3, -0.25) is 5.10 Å². The van der Waals surface area contributed by atoms with Gasteiger partial charge in [-0.25, -0.2) is 9.36 Å². The second kappa shape index (κ2) is 7.56. The molecule has 0 aliphatic rings. The van der Waals surface area contributed by atoms with Crippen LogP contribution in [-0.2, 0) is 6.54 Å². The molecule has 2 heterocycles. The Bertz CT molecular complexity index is 1230. The first-order chi connectivity index (χ1) is 13.5. The number of hydrogen-bond donors (Lipinski definition) is 1. The summed E-state index contributed by atoms with van der Waals surface area (Å²) in [6.45, 7) is 0.441. The number of aromatic nitrogens is 6. The molecule has 0 saturated heterocycles. The predicted molar refractivity (Wildman–Crippen MR) is 108 cm³/mol. The van der Waals surface area contributed by atoms with E-state index in [-0.39, 0.29) is 0 Å². The Morgan fingerprint density at radius 1 is 1.11 bits per heavy atom. The van der Waals surface area contributed by atoms with Crippen molar-refractivity contribution in [2.24, 2.45) is 0 Å². The molecule has 138 valence electrons. The summed E-state index contributed by atoms with van der Waals surface area (Å²) < 4.78 is 3.83. The van der Waals surface area contributed by atoms with E-state index < -0.39 is 0 Å². The number of H-pyrrole nitrogens is 1. The summed E-state index contributed by atoms with van der Waals surface area (Å²) in [5.74, 6) is 0.525. The van der Waals surface area contributed by atoms with E-state index >= 15 is 0 Å². The number of nitriles is 1. The minimum absolute atomic E-state index is 0.441. The van der Waals surface area contributed by atoms with Gasteiger partial charge in [0.1, 0.15) is 4.64 Å². The van der Waals surface area contributed by atoms with Crippen molar-refractivity contribution in [3.05, 3.63) is 74.5 Å². The third kappa shape index (κ3) is 3.55. The van der Waals surface area contributed by atoms with Crippen LogP contribution in [0.3, 0.4) is 0 Å². The molecule has 10 heteroatoms. The van der Waals surface area contributed by atoms with Crippen molar-refractivity contribution in [3.63, 3.8) is 0 Å². The normalized spacial score (nSPS) is 10.8. The minimum Gasteiger partial charge on any atom is -0.299 e. The van der Waals surface area contributed by atoms with Gasteiger partial charge in [0, 0.05) is 16.2 Å². The number of nitrogens with one attached hydrogen (secondary N) is 1. The lowest BCUT2D eigenvalue weighted by atomic mass is 10.1. The van der Waals surface area contributed by atoms with E-state index in [1.807, 2.05) is 12.1 Å². The van der Waals surface area contributed by atoms with Crippen LogP contribution in [0, 0.1) is 16.0 Å². The van der Waals surface area contributed by atoms with Gasteiger partial charge in [0.2, 0.25) is 0 Å². The van der Waals surface area contributed by atoms with Crippen LogP contribution >= 0.6 is 35.4 Å². The molecule has 2 aromatic carbocycles. The minimum atomic E-state index is 0.441. The van der Waals surface area contributed by atoms with E-state index in [0.29, 0.717) is 43.9 Å². The van der Waals surface area contributed by atoms with E-state index in [0.717, 1.165) is 5.56 Å². The van der Waals surface area contributed by atoms with E-state index in [2.05, 4.69) is 26.7 Å². The summed E-state index contributed by atoms with van der Waals surface area (Å²) in [5.41, 5.74) is 2.94. The highest BCUT2D eigenvalue weighted by atomic mass is 35.5. The summed E-state index contributed by atoms with van der Waals surface area (Å²) in [5, 5.41) is 25.0. The average Bonchev–Trinajstić information content (AvgIpc) is 3.27. The Labute approximate surface area is 174 Å². The quantitative estimate of drug-likeness (QED) is 0.487. The summed E-state index contributed by atoms with van der Waals surface area (Å²) in [4.78, 5) is 0. The zero-order valence-electron chi connectivity index (χ0n) is 14.2. The van der Waals surface area contributed by atoms with Gasteiger partial charge in [-0.2, -0.15) is 5.26 Å². The van der Waals surface area contributed by atoms with Crippen LogP contribution in [0.1, 0.15) is 11.1 Å². The molecule has 0 aliphatic carbocycles. The van der Waals surface area contributed by atoms with Crippen molar-refractivity contribution in [2.45, 2.75) is 6.54 Å². The van der Waals surface area contributed by atoms with Gasteiger partial charge in [-0.1, -0.05) is 47.6 Å². The van der Waals surface area contributed by atoms with Crippen molar-refractivity contribution < 1.29 is 0 Å². The highest BCUT2D eigenvalue weighted by Gasteiger charge is 2.15. The second-order valence-electron chi connectivity index (χ2n) is 5.92. The fourth-order valence-electron chi connectivity index (χ4n) is 2.75. The van der Waals surface area contributed by atoms with Crippen LogP contribution in [0.25, 0.3) is 17.1 Å². The van der Waals surface area contributed by atoms with Gasteiger partial charge in [0.15, 0.2) is 5.82 Å². The lowest BCUT2D eigenvalue weighted by Crippen LogP contribution is -2.04. The molecule has 0 fully saturated rings. The van der Waals surface area contributed by atoms with Gasteiger partial charge in [0.05, 0.1) is 29.4 Å². The Balaban J connectivity index is 1.70. The Morgan fingerprint density at radius 2 is 1.82 bits per heavy atom. The van der Waals surface area contributed by atoms with E-state index in [1.165, 1.54) is 0 Å². The summed E-state index contributed by atoms with van der Waals surface area (Å²) in [6, 6.07) is 14.5. The van der Waals surface area contributed by atoms with Crippen molar-refractivity contribution in [1.82, 2.24) is 30.0 Å². The van der Waals surface area contributed by atoms with E-state index in [4.69, 9.17) is 40.7 Å². The van der Waals surface area contributed by atoms with E-state index in [9.17, 15) is 0 Å². The van der Waals surface area contributed by atoms with Crippen LogP contribution in [0.15, 0.2) is 48.7 Å². The fourth-order valence-corrected chi connectivity index (χ4v) is 3.57. The lowest BCUT2D eigenvalue weighted by molar-refractivity contribution is 0.653. The smallest absolute Gasteiger partial charge is 0.186 e. The van der Waals surface area contributed by atoms with Crippen molar-refractivity contribution in [2.75, 3.05) is 0 Å². The first-order valence-electron chi connectivity index (χ1n) is 8.07. The molecule has 0 aliphatic heterocycles. The van der Waals surface area contributed by atoms with Gasteiger partial charge in [-0.15, -0.1) is 5.10 Å². The number of nitrogens with zero attached hydrogens (tertiary/aromatic N) is 6. The summed E-state index contributed by atoms with van der Waals surface area (Å²) in [6.07, 6.45) is 1.73. The lowest BCUT2D eigenvalue weighted by Gasteiger charge is -2.05. The fraction of sp³-hybridized carbons (Fsp3) is 0.0556. The highest BCUT2D eigenvalue weighted by Crippen LogP contribution is 2.25. The highest BCUT2D eigenvalue weighted by molar-refractivity contribution is 7.71. The molecule has 4 aromatic rings. The van der Waals surface area contributed by atoms with Crippen LogP contribution in [0.2, 0.25) is 10.0 Å². The SMILES string of the molecule is N#Cc1ccc(Cn2nnnc2-c2c[nH]n(-c3cc(Cl)cc(Cl)c3)c2=S)cc1. The van der Waals surface area contributed by atoms with E-state index in [1.54, 1.807) is 45.9 Å². The number of aromatic amines is 1. The van der Waals surface area contributed by atoms with Crippen molar-refractivity contribution >= 4 is 35.4 Å². The van der Waals surface area contributed by atoms with Crippen LogP contribution < -0.4 is 0 Å². The molecule has 0 spiro atoms. The zero-order chi connectivity index (χ0) is 19.7. The number of rotatable bonds is 4. The molecular weight excluding hydrogens is 417 g/mol. The Morgan fingerprint density at radius 3 is 2.50 bits per heavy atom. The maximum atomic E-state index is 8.92. The molecule has 4 rings (SSSR count). The van der Waals surface area contributed by atoms with Gasteiger partial charge in [0.25, 0.3) is 0 Å². The molecule has 28 heavy (non-hydrogen) atoms. The maximum absolute atomic E-state index is 8.92. The third-order valence-electron chi connectivity index (χ3n) is 4.07. The van der Waals surface area contributed by atoms with Gasteiger partial charge in [-0.05, 0) is 46.3 Å². The monoisotopic (exact) mass is 427 g/mol. The first kappa shape index (κ1) is 18.4. The van der Waals surface area contributed by atoms with Crippen molar-refractivity contribution in [3.8, 4) is 23.1 Å². The average molecular weight is 428 g/mol. The molecule has 0 amide bonds. The molecule has 1 N–H and O–H groups in total. The number of hydrogen-bond acceptors (Lipinski definition) is 5. The Hall–Kier alpha value is -2.99. The van der Waals surface area contributed by atoms with Crippen LogP contribution in [0.4, 0.5) is 0 Å². The molecule has 0 atom stereocenters. The summed E-state index contributed by atoms with van der Waals surface area (Å²) >= 11 is 17.8. The largest absolute Gasteiger partial charge is 0.299 e. The molecule has 0 radical (unpaired) electrons. The molecule has 0 unspecified atom stereocenters. The van der Waals surface area contributed by atoms with Crippen LogP contribution in [0.5, 0.6) is 0 Å².